The van der Waals surface area contributed by atoms with Crippen LogP contribution in [0.15, 0.2) is 11.4 Å². The fraction of sp³-hybridized carbons (Fsp3) is 0.583. The van der Waals surface area contributed by atoms with Gasteiger partial charge in [0.2, 0.25) is 10.0 Å². The molecule has 1 N–H and O–H groups in total. The normalized spacial score (nSPS) is 22.0. The number of carboxylic acid groups (broad SMARTS) is 1. The van der Waals surface area contributed by atoms with Gasteiger partial charge in [0, 0.05) is 32.2 Å². The molecule has 1 fully saturated rings. The smallest absolute Gasteiger partial charge is 0.345 e. The molecule has 0 aliphatic carbocycles. The Morgan fingerprint density at radius 2 is 2.20 bits per heavy atom. The van der Waals surface area contributed by atoms with E-state index in [0.717, 1.165) is 5.56 Å². The Morgan fingerprint density at radius 1 is 1.50 bits per heavy atom. The van der Waals surface area contributed by atoms with Crippen LogP contribution in [-0.4, -0.2) is 60.6 Å². The van der Waals surface area contributed by atoms with E-state index in [1.807, 2.05) is 12.3 Å². The summed E-state index contributed by atoms with van der Waals surface area (Å²) in [6, 6.07) is 1.62. The number of carboxylic acids is 1. The first kappa shape index (κ1) is 15.4. The maximum atomic E-state index is 11.6. The average Bonchev–Trinajstić information content (AvgIpc) is 2.76. The molecule has 2 rings (SSSR count). The molecule has 1 aliphatic heterocycles. The van der Waals surface area contributed by atoms with Crippen molar-refractivity contribution in [2.24, 2.45) is 0 Å². The van der Waals surface area contributed by atoms with Gasteiger partial charge in [-0.05, 0) is 23.9 Å². The van der Waals surface area contributed by atoms with Crippen LogP contribution in [0.2, 0.25) is 0 Å². The van der Waals surface area contributed by atoms with Crippen LogP contribution in [0.1, 0.15) is 22.2 Å². The lowest BCUT2D eigenvalue weighted by Crippen LogP contribution is -2.53. The zero-order valence-corrected chi connectivity index (χ0v) is 13.1. The molecule has 0 aromatic carbocycles. The molecule has 0 spiro atoms. The molecular weight excluding hydrogens is 300 g/mol. The minimum absolute atomic E-state index is 0.0590. The number of aromatic carboxylic acids is 1. The Kier molecular flexibility index (Phi) is 4.48. The summed E-state index contributed by atoms with van der Waals surface area (Å²) in [5, 5.41) is 10.7. The minimum Gasteiger partial charge on any atom is -0.477 e. The van der Waals surface area contributed by atoms with Crippen molar-refractivity contribution in [2.45, 2.75) is 19.5 Å². The first-order valence-corrected chi connectivity index (χ1v) is 9.00. The highest BCUT2D eigenvalue weighted by Gasteiger charge is 2.29. The number of piperazine rings is 1. The molecular formula is C12H18N2O4S2. The van der Waals surface area contributed by atoms with Crippen molar-refractivity contribution in [3.63, 3.8) is 0 Å². The van der Waals surface area contributed by atoms with Gasteiger partial charge >= 0.3 is 5.97 Å². The zero-order valence-electron chi connectivity index (χ0n) is 11.4. The van der Waals surface area contributed by atoms with Gasteiger partial charge < -0.3 is 5.11 Å². The number of nitrogens with zero attached hydrogens (tertiary/aromatic N) is 2. The van der Waals surface area contributed by atoms with Crippen molar-refractivity contribution < 1.29 is 18.3 Å². The molecule has 0 radical (unpaired) electrons. The molecule has 6 nitrogen and oxygen atoms in total. The first-order chi connectivity index (χ1) is 9.27. The van der Waals surface area contributed by atoms with Crippen LogP contribution in [0.25, 0.3) is 0 Å². The maximum Gasteiger partial charge on any atom is 0.345 e. The van der Waals surface area contributed by atoms with Crippen molar-refractivity contribution in [1.29, 1.82) is 0 Å². The number of carbonyl (C=O) groups is 1. The lowest BCUT2D eigenvalue weighted by Gasteiger charge is -2.38. The van der Waals surface area contributed by atoms with Crippen molar-refractivity contribution in [2.75, 3.05) is 25.9 Å². The van der Waals surface area contributed by atoms with Gasteiger partial charge in [0.1, 0.15) is 4.88 Å². The molecule has 1 saturated heterocycles. The zero-order chi connectivity index (χ0) is 14.9. The molecule has 1 aliphatic rings. The number of hydrogen-bond acceptors (Lipinski definition) is 5. The van der Waals surface area contributed by atoms with Crippen LogP contribution in [0.4, 0.5) is 0 Å². The summed E-state index contributed by atoms with van der Waals surface area (Å²) in [4.78, 5) is 13.3. The van der Waals surface area contributed by atoms with E-state index in [0.29, 0.717) is 31.1 Å². The van der Waals surface area contributed by atoms with Crippen molar-refractivity contribution >= 4 is 27.3 Å². The fourth-order valence-corrected chi connectivity index (χ4v) is 4.36. The first-order valence-electron chi connectivity index (χ1n) is 6.27. The van der Waals surface area contributed by atoms with Crippen LogP contribution < -0.4 is 0 Å². The summed E-state index contributed by atoms with van der Waals surface area (Å²) >= 11 is 1.22. The predicted octanol–water partition coefficient (Wildman–Crippen LogP) is 0.912. The van der Waals surface area contributed by atoms with Gasteiger partial charge in [0.25, 0.3) is 0 Å². The second kappa shape index (κ2) is 5.80. The topological polar surface area (TPSA) is 77.9 Å². The fourth-order valence-electron chi connectivity index (χ4n) is 2.48. The summed E-state index contributed by atoms with van der Waals surface area (Å²) < 4.78 is 24.7. The quantitative estimate of drug-likeness (QED) is 0.893. The highest BCUT2D eigenvalue weighted by Crippen LogP contribution is 2.19. The molecule has 2 heterocycles. The largest absolute Gasteiger partial charge is 0.477 e. The molecule has 1 aromatic rings. The molecule has 112 valence electrons. The third kappa shape index (κ3) is 3.57. The molecule has 0 unspecified atom stereocenters. The average molecular weight is 318 g/mol. The Balaban J connectivity index is 1.97. The van der Waals surface area contributed by atoms with E-state index < -0.39 is 16.0 Å². The third-order valence-corrected chi connectivity index (χ3v) is 5.71. The second-order valence-electron chi connectivity index (χ2n) is 5.08. The Morgan fingerprint density at radius 3 is 2.70 bits per heavy atom. The number of sulfonamides is 1. The van der Waals surface area contributed by atoms with Crippen molar-refractivity contribution in [3.05, 3.63) is 21.9 Å². The number of rotatable bonds is 4. The summed E-state index contributed by atoms with van der Waals surface area (Å²) in [5.74, 6) is -0.906. The van der Waals surface area contributed by atoms with Crippen molar-refractivity contribution in [3.8, 4) is 0 Å². The Bertz CT molecular complexity index is 596. The minimum atomic E-state index is -3.15. The van der Waals surface area contributed by atoms with Crippen LogP contribution in [0.3, 0.4) is 0 Å². The lowest BCUT2D eigenvalue weighted by molar-refractivity contribution is 0.0702. The highest BCUT2D eigenvalue weighted by atomic mass is 32.2. The summed E-state index contributed by atoms with van der Waals surface area (Å²) in [6.45, 7) is 4.35. The summed E-state index contributed by atoms with van der Waals surface area (Å²) in [5.41, 5.74) is 0.965. The van der Waals surface area contributed by atoms with Gasteiger partial charge in [-0.25, -0.2) is 13.2 Å². The van der Waals surface area contributed by atoms with E-state index in [4.69, 9.17) is 5.11 Å². The SMILES string of the molecule is C[C@@H]1CN(Cc2csc(C(=O)O)c2)CCN1S(C)(=O)=O. The van der Waals surface area contributed by atoms with Crippen molar-refractivity contribution in [1.82, 2.24) is 9.21 Å². The summed E-state index contributed by atoms with van der Waals surface area (Å²) in [6.07, 6.45) is 1.23. The maximum absolute atomic E-state index is 11.6. The molecule has 0 amide bonds. The van der Waals surface area contributed by atoms with E-state index in [1.165, 1.54) is 21.9 Å². The van der Waals surface area contributed by atoms with Gasteiger partial charge in [-0.3, -0.25) is 4.90 Å². The molecule has 20 heavy (non-hydrogen) atoms. The molecule has 8 heteroatoms. The van der Waals surface area contributed by atoms with Crippen LogP contribution in [0.5, 0.6) is 0 Å². The number of hydrogen-bond donors (Lipinski definition) is 1. The Hall–Kier alpha value is -0.960. The van der Waals surface area contributed by atoms with Gasteiger partial charge in [-0.1, -0.05) is 0 Å². The monoisotopic (exact) mass is 318 g/mol. The van der Waals surface area contributed by atoms with E-state index in [-0.39, 0.29) is 6.04 Å². The van der Waals surface area contributed by atoms with E-state index in [2.05, 4.69) is 4.90 Å². The van der Waals surface area contributed by atoms with E-state index in [9.17, 15) is 13.2 Å². The Labute approximate surface area is 122 Å². The predicted molar refractivity (Wildman–Crippen MR) is 77.6 cm³/mol. The molecule has 0 saturated carbocycles. The summed E-state index contributed by atoms with van der Waals surface area (Å²) in [7, 11) is -3.15. The van der Waals surface area contributed by atoms with Gasteiger partial charge in [-0.15, -0.1) is 11.3 Å². The van der Waals surface area contributed by atoms with Crippen LogP contribution in [0, 0.1) is 0 Å². The van der Waals surface area contributed by atoms with Gasteiger partial charge in [0.15, 0.2) is 0 Å². The molecule has 0 bridgehead atoms. The molecule has 1 atom stereocenters. The van der Waals surface area contributed by atoms with E-state index in [1.54, 1.807) is 6.07 Å². The highest BCUT2D eigenvalue weighted by molar-refractivity contribution is 7.88. The van der Waals surface area contributed by atoms with Crippen LogP contribution >= 0.6 is 11.3 Å². The second-order valence-corrected chi connectivity index (χ2v) is 7.93. The van der Waals surface area contributed by atoms with Gasteiger partial charge in [-0.2, -0.15) is 4.31 Å². The van der Waals surface area contributed by atoms with Gasteiger partial charge in [0.05, 0.1) is 6.26 Å². The third-order valence-electron chi connectivity index (χ3n) is 3.35. The van der Waals surface area contributed by atoms with Crippen LogP contribution in [-0.2, 0) is 16.6 Å². The number of thiophene rings is 1. The standard InChI is InChI=1S/C12H18N2O4S2/c1-9-6-13(3-4-14(9)20(2,17)18)7-10-5-11(12(15)16)19-8-10/h5,8-9H,3-4,6-7H2,1-2H3,(H,15,16)/t9-/m1/s1. The lowest BCUT2D eigenvalue weighted by atomic mass is 10.2. The molecule has 1 aromatic heterocycles. The van der Waals surface area contributed by atoms with E-state index >= 15 is 0 Å².